The van der Waals surface area contributed by atoms with Crippen LogP contribution in [0.2, 0.25) is 0 Å². The van der Waals surface area contributed by atoms with E-state index in [0.29, 0.717) is 0 Å². The summed E-state index contributed by atoms with van der Waals surface area (Å²) in [6.45, 7) is -0.749. The summed E-state index contributed by atoms with van der Waals surface area (Å²) >= 11 is 4.94. The lowest BCUT2D eigenvalue weighted by molar-refractivity contribution is -0.122. The Kier molecular flexibility index (Phi) is 5.38. The molecule has 0 heterocycles. The quantitative estimate of drug-likeness (QED) is 0.313. The molecule has 0 bridgehead atoms. The molecule has 6 nitrogen and oxygen atoms in total. The Morgan fingerprint density at radius 1 is 1.31 bits per heavy atom. The Labute approximate surface area is 79.5 Å². The van der Waals surface area contributed by atoms with Gasteiger partial charge in [-0.25, -0.2) is 0 Å². The highest BCUT2D eigenvalue weighted by molar-refractivity contribution is 6.64. The van der Waals surface area contributed by atoms with E-state index in [9.17, 15) is 4.79 Å². The summed E-state index contributed by atoms with van der Waals surface area (Å²) < 4.78 is 0. The van der Waals surface area contributed by atoms with Crippen molar-refractivity contribution < 1.29 is 25.2 Å². The highest BCUT2D eigenvalue weighted by Gasteiger charge is 2.32. The van der Waals surface area contributed by atoms with Gasteiger partial charge in [-0.2, -0.15) is 0 Å². The molecule has 0 saturated heterocycles. The Bertz CT molecular complexity index is 178. The molecular formula is C6H12ClNO5. The largest absolute Gasteiger partial charge is 0.394 e. The maximum absolute atomic E-state index is 10.4. The van der Waals surface area contributed by atoms with Crippen LogP contribution in [0.5, 0.6) is 0 Å². The average molecular weight is 214 g/mol. The molecule has 7 heteroatoms. The van der Waals surface area contributed by atoms with Gasteiger partial charge in [0, 0.05) is 0 Å². The molecule has 6 N–H and O–H groups in total. The van der Waals surface area contributed by atoms with Crippen molar-refractivity contribution in [2.24, 2.45) is 5.73 Å². The van der Waals surface area contributed by atoms with E-state index in [2.05, 4.69) is 0 Å². The minimum atomic E-state index is -1.71. The fraction of sp³-hybridized carbons (Fsp3) is 0.833. The van der Waals surface area contributed by atoms with E-state index in [1.165, 1.54) is 0 Å². The van der Waals surface area contributed by atoms with E-state index in [1.54, 1.807) is 0 Å². The number of hydrogen-bond donors (Lipinski definition) is 5. The molecule has 78 valence electrons. The summed E-state index contributed by atoms with van der Waals surface area (Å²) in [6.07, 6.45) is -4.97. The summed E-state index contributed by atoms with van der Waals surface area (Å²) in [5.74, 6) is 0. The zero-order valence-electron chi connectivity index (χ0n) is 6.67. The van der Waals surface area contributed by atoms with Crippen molar-refractivity contribution in [1.82, 2.24) is 0 Å². The second kappa shape index (κ2) is 5.48. The predicted octanol–water partition coefficient (Wildman–Crippen LogP) is -2.85. The summed E-state index contributed by atoms with van der Waals surface area (Å²) in [5, 5.41) is 34.4. The van der Waals surface area contributed by atoms with Gasteiger partial charge in [-0.05, 0) is 11.6 Å². The number of carbonyl (C=O) groups excluding carboxylic acids is 1. The Morgan fingerprint density at radius 3 is 2.08 bits per heavy atom. The third kappa shape index (κ3) is 3.55. The molecular weight excluding hydrogens is 202 g/mol. The highest BCUT2D eigenvalue weighted by atomic mass is 35.5. The van der Waals surface area contributed by atoms with Crippen LogP contribution in [0.3, 0.4) is 0 Å². The van der Waals surface area contributed by atoms with Gasteiger partial charge in [0.2, 0.25) is 5.24 Å². The molecule has 0 saturated carbocycles. The molecule has 0 fully saturated rings. The van der Waals surface area contributed by atoms with Crippen molar-refractivity contribution in [3.63, 3.8) is 0 Å². The molecule has 13 heavy (non-hydrogen) atoms. The molecule has 0 amide bonds. The number of aliphatic hydroxyl groups is 4. The average Bonchev–Trinajstić information content (AvgIpc) is 2.12. The lowest BCUT2D eigenvalue weighted by Gasteiger charge is -2.23. The Hall–Kier alpha value is -0.240. The molecule has 0 aromatic carbocycles. The van der Waals surface area contributed by atoms with E-state index in [1.807, 2.05) is 0 Å². The van der Waals surface area contributed by atoms with Crippen LogP contribution in [0.25, 0.3) is 0 Å². The molecule has 0 spiro atoms. The molecule has 0 aromatic heterocycles. The monoisotopic (exact) mass is 213 g/mol. The number of halogens is 1. The lowest BCUT2D eigenvalue weighted by Crippen LogP contribution is -2.51. The first-order valence-corrected chi connectivity index (χ1v) is 3.89. The minimum absolute atomic E-state index is 0.749. The smallest absolute Gasteiger partial charge is 0.241 e. The Balaban J connectivity index is 4.24. The first kappa shape index (κ1) is 12.8. The number of aliphatic hydroxyl groups excluding tert-OH is 4. The van der Waals surface area contributed by atoms with Gasteiger partial charge in [-0.3, -0.25) is 4.79 Å². The van der Waals surface area contributed by atoms with Crippen molar-refractivity contribution in [3.8, 4) is 0 Å². The standard InChI is InChI=1S/C6H12ClNO5/c7-6(13)3(8)5(12)4(11)2(10)1-9/h2-5,9-12H,1,8H2/t2?,3-,4+,5+/m0/s1. The van der Waals surface area contributed by atoms with Gasteiger partial charge in [0.25, 0.3) is 0 Å². The van der Waals surface area contributed by atoms with Crippen LogP contribution >= 0.6 is 11.6 Å². The van der Waals surface area contributed by atoms with Crippen molar-refractivity contribution in [1.29, 1.82) is 0 Å². The predicted molar refractivity (Wildman–Crippen MR) is 43.9 cm³/mol. The number of carbonyl (C=O) groups is 1. The van der Waals surface area contributed by atoms with Crippen molar-refractivity contribution in [2.45, 2.75) is 24.4 Å². The molecule has 1 unspecified atom stereocenters. The first-order valence-electron chi connectivity index (χ1n) is 3.51. The zero-order valence-corrected chi connectivity index (χ0v) is 7.42. The molecule has 0 radical (unpaired) electrons. The summed E-state index contributed by atoms with van der Waals surface area (Å²) in [4.78, 5) is 10.4. The van der Waals surface area contributed by atoms with Gasteiger partial charge in [-0.1, -0.05) is 0 Å². The Morgan fingerprint density at radius 2 is 1.77 bits per heavy atom. The summed E-state index contributed by atoms with van der Waals surface area (Å²) in [5.41, 5.74) is 5.07. The fourth-order valence-corrected chi connectivity index (χ4v) is 0.811. The molecule has 0 aliphatic rings. The fourth-order valence-electron chi connectivity index (χ4n) is 0.682. The van der Waals surface area contributed by atoms with Crippen LogP contribution in [0.4, 0.5) is 0 Å². The van der Waals surface area contributed by atoms with E-state index < -0.39 is 36.2 Å². The van der Waals surface area contributed by atoms with Crippen LogP contribution in [-0.2, 0) is 4.79 Å². The van der Waals surface area contributed by atoms with Crippen LogP contribution in [0.1, 0.15) is 0 Å². The van der Waals surface area contributed by atoms with E-state index >= 15 is 0 Å². The van der Waals surface area contributed by atoms with Gasteiger partial charge in [0.1, 0.15) is 24.4 Å². The SMILES string of the molecule is N[C@H](C(=O)Cl)[C@@H](O)[C@H](O)C(O)CO. The number of rotatable bonds is 5. The van der Waals surface area contributed by atoms with Gasteiger partial charge in [0.15, 0.2) is 0 Å². The molecule has 0 rings (SSSR count). The first-order chi connectivity index (χ1) is 5.91. The van der Waals surface area contributed by atoms with Gasteiger partial charge >= 0.3 is 0 Å². The second-order valence-corrected chi connectivity index (χ2v) is 2.93. The molecule has 4 atom stereocenters. The van der Waals surface area contributed by atoms with Crippen molar-refractivity contribution >= 4 is 16.8 Å². The van der Waals surface area contributed by atoms with E-state index in [-0.39, 0.29) is 0 Å². The van der Waals surface area contributed by atoms with Gasteiger partial charge in [-0.15, -0.1) is 0 Å². The maximum Gasteiger partial charge on any atom is 0.241 e. The van der Waals surface area contributed by atoms with Gasteiger partial charge < -0.3 is 26.2 Å². The lowest BCUT2D eigenvalue weighted by atomic mass is 10.0. The maximum atomic E-state index is 10.4. The van der Waals surface area contributed by atoms with Crippen molar-refractivity contribution in [3.05, 3.63) is 0 Å². The van der Waals surface area contributed by atoms with Crippen LogP contribution in [0.15, 0.2) is 0 Å². The topological polar surface area (TPSA) is 124 Å². The number of nitrogens with two attached hydrogens (primary N) is 1. The molecule has 0 aliphatic heterocycles. The van der Waals surface area contributed by atoms with Gasteiger partial charge in [0.05, 0.1) is 6.61 Å². The minimum Gasteiger partial charge on any atom is -0.394 e. The van der Waals surface area contributed by atoms with Crippen LogP contribution in [-0.4, -0.2) is 56.6 Å². The zero-order chi connectivity index (χ0) is 10.6. The van der Waals surface area contributed by atoms with E-state index in [4.69, 9.17) is 37.8 Å². The third-order valence-corrected chi connectivity index (χ3v) is 1.81. The molecule has 0 aliphatic carbocycles. The van der Waals surface area contributed by atoms with E-state index in [0.717, 1.165) is 0 Å². The second-order valence-electron chi connectivity index (χ2n) is 2.56. The number of hydrogen-bond acceptors (Lipinski definition) is 6. The molecule has 0 aromatic rings. The normalized spacial score (nSPS) is 20.5. The van der Waals surface area contributed by atoms with Crippen LogP contribution < -0.4 is 5.73 Å². The summed E-state index contributed by atoms with van der Waals surface area (Å²) in [7, 11) is 0. The van der Waals surface area contributed by atoms with Crippen molar-refractivity contribution in [2.75, 3.05) is 6.61 Å². The summed E-state index contributed by atoms with van der Waals surface area (Å²) in [6, 6.07) is -1.49. The highest BCUT2D eigenvalue weighted by Crippen LogP contribution is 2.05. The third-order valence-electron chi connectivity index (χ3n) is 1.56. The van der Waals surface area contributed by atoms with Crippen LogP contribution in [0, 0.1) is 0 Å².